The molecule has 0 N–H and O–H groups in total. The molecule has 0 amide bonds. The molecule has 0 bridgehead atoms. The Hall–Kier alpha value is -6.99. The first kappa shape index (κ1) is 31.7. The lowest BCUT2D eigenvalue weighted by atomic mass is 9.92. The van der Waals surface area contributed by atoms with Crippen LogP contribution in [-0.2, 0) is 0 Å². The maximum atomic E-state index is 6.80. The first-order valence-electron chi connectivity index (χ1n) is 18.4. The predicted molar refractivity (Wildman–Crippen MR) is 229 cm³/mol. The molecule has 0 radical (unpaired) electrons. The Balaban J connectivity index is 1.14. The third kappa shape index (κ3) is 5.08. The van der Waals surface area contributed by atoms with Gasteiger partial charge in [0.1, 0.15) is 11.2 Å². The first-order chi connectivity index (χ1) is 26.5. The Kier molecular flexibility index (Phi) is 7.40. The lowest BCUT2D eigenvalue weighted by Gasteiger charge is -2.11. The highest BCUT2D eigenvalue weighted by Crippen LogP contribution is 2.50. The molecule has 1 aliphatic rings. The minimum absolute atomic E-state index is 0.708. The molecule has 2 nitrogen and oxygen atoms in total. The quantitative estimate of drug-likeness (QED) is 0.126. The molecule has 54 heavy (non-hydrogen) atoms. The molecule has 1 aliphatic carbocycles. The van der Waals surface area contributed by atoms with Gasteiger partial charge in [-0.2, -0.15) is 0 Å². The highest BCUT2D eigenvalue weighted by molar-refractivity contribution is 6.21. The van der Waals surface area contributed by atoms with E-state index in [0.717, 1.165) is 66.4 Å². The van der Waals surface area contributed by atoms with Crippen LogP contribution >= 0.6 is 0 Å². The van der Waals surface area contributed by atoms with Crippen LogP contribution in [-0.4, -0.2) is 5.71 Å². The molecule has 1 aromatic heterocycles. The van der Waals surface area contributed by atoms with Crippen molar-refractivity contribution >= 4 is 60.5 Å². The minimum atomic E-state index is 0.708. The number of fused-ring (bicyclic) bond motifs is 7. The van der Waals surface area contributed by atoms with Crippen LogP contribution in [0, 0.1) is 0 Å². The van der Waals surface area contributed by atoms with E-state index in [2.05, 4.69) is 160 Å². The summed E-state index contributed by atoms with van der Waals surface area (Å²) in [6.07, 6.45) is 0. The molecule has 8 aromatic carbocycles. The second-order valence-corrected chi connectivity index (χ2v) is 14.1. The summed E-state index contributed by atoms with van der Waals surface area (Å²) in [5.41, 5.74) is 19.5. The lowest BCUT2D eigenvalue weighted by molar-refractivity contribution is 0.670. The largest absolute Gasteiger partial charge is 0.455 e. The summed E-state index contributed by atoms with van der Waals surface area (Å²) >= 11 is 0. The molecule has 9 aromatic rings. The highest BCUT2D eigenvalue weighted by Gasteiger charge is 2.24. The number of aliphatic imine (C=N–C) groups is 1. The zero-order chi connectivity index (χ0) is 36.3. The van der Waals surface area contributed by atoms with Crippen LogP contribution in [0.15, 0.2) is 191 Å². The molecule has 2 heteroatoms. The van der Waals surface area contributed by atoms with Gasteiger partial charge >= 0.3 is 0 Å². The molecule has 0 unspecified atom stereocenters. The van der Waals surface area contributed by atoms with Gasteiger partial charge in [-0.3, -0.25) is 0 Å². The van der Waals surface area contributed by atoms with Gasteiger partial charge < -0.3 is 4.42 Å². The topological polar surface area (TPSA) is 25.5 Å². The predicted octanol–water partition coefficient (Wildman–Crippen LogP) is 14.3. The fourth-order valence-electron chi connectivity index (χ4n) is 8.36. The summed E-state index contributed by atoms with van der Waals surface area (Å²) in [6, 6.07) is 57.8. The summed E-state index contributed by atoms with van der Waals surface area (Å²) in [7, 11) is 0. The molecule has 0 spiro atoms. The van der Waals surface area contributed by atoms with Crippen LogP contribution in [0.2, 0.25) is 0 Å². The van der Waals surface area contributed by atoms with Gasteiger partial charge in [-0.05, 0) is 92.0 Å². The molecule has 0 fully saturated rings. The molecule has 0 atom stereocenters. The van der Waals surface area contributed by atoms with Crippen molar-refractivity contribution in [2.24, 2.45) is 4.99 Å². The number of nitrogens with zero attached hydrogens (tertiary/aromatic N) is 1. The number of para-hydroxylation sites is 1. The Morgan fingerprint density at radius 3 is 1.98 bits per heavy atom. The fraction of sp³-hybridized carbons (Fsp3) is 0.0385. The number of hydrogen-bond acceptors (Lipinski definition) is 2. The monoisotopic (exact) mass is 689 g/mol. The van der Waals surface area contributed by atoms with Crippen molar-refractivity contribution in [2.45, 2.75) is 13.8 Å². The Labute approximate surface area is 314 Å². The van der Waals surface area contributed by atoms with Crippen molar-refractivity contribution in [1.82, 2.24) is 0 Å². The van der Waals surface area contributed by atoms with Crippen molar-refractivity contribution < 1.29 is 4.42 Å². The average Bonchev–Trinajstić information content (AvgIpc) is 3.77. The van der Waals surface area contributed by atoms with Crippen LogP contribution in [0.1, 0.15) is 30.5 Å². The minimum Gasteiger partial charge on any atom is -0.455 e. The molecule has 0 saturated heterocycles. The van der Waals surface area contributed by atoms with E-state index in [4.69, 9.17) is 9.41 Å². The van der Waals surface area contributed by atoms with Crippen LogP contribution in [0.25, 0.3) is 88.1 Å². The molecule has 0 aliphatic heterocycles. The maximum absolute atomic E-state index is 6.80. The number of allylic oxidation sites excluding steroid dienone is 1. The van der Waals surface area contributed by atoms with E-state index < -0.39 is 0 Å². The third-order valence-corrected chi connectivity index (χ3v) is 10.9. The van der Waals surface area contributed by atoms with Crippen LogP contribution < -0.4 is 0 Å². The van der Waals surface area contributed by atoms with Crippen LogP contribution in [0.4, 0.5) is 0 Å². The van der Waals surface area contributed by atoms with Gasteiger partial charge in [0.15, 0.2) is 0 Å². The van der Waals surface area contributed by atoms with Crippen molar-refractivity contribution in [2.75, 3.05) is 0 Å². The van der Waals surface area contributed by atoms with E-state index in [9.17, 15) is 0 Å². The molecule has 254 valence electrons. The van der Waals surface area contributed by atoms with Gasteiger partial charge in [0.05, 0.1) is 11.4 Å². The third-order valence-electron chi connectivity index (χ3n) is 10.9. The molecular formula is C52H35NO. The number of hydrogen-bond donors (Lipinski definition) is 0. The number of rotatable bonds is 6. The van der Waals surface area contributed by atoms with E-state index in [1.165, 1.54) is 44.0 Å². The second kappa shape index (κ2) is 12.6. The average molecular weight is 690 g/mol. The fourth-order valence-corrected chi connectivity index (χ4v) is 8.36. The summed E-state index contributed by atoms with van der Waals surface area (Å²) in [4.78, 5) is 5.16. The van der Waals surface area contributed by atoms with E-state index >= 15 is 0 Å². The summed E-state index contributed by atoms with van der Waals surface area (Å²) in [6.45, 7) is 8.59. The molecule has 10 rings (SSSR count). The highest BCUT2D eigenvalue weighted by atomic mass is 16.3. The van der Waals surface area contributed by atoms with E-state index in [0.29, 0.717) is 5.70 Å². The molecular weight excluding hydrogens is 655 g/mol. The van der Waals surface area contributed by atoms with E-state index in [1.54, 1.807) is 0 Å². The summed E-state index contributed by atoms with van der Waals surface area (Å²) < 4.78 is 6.80. The number of furan rings is 1. The Morgan fingerprint density at radius 1 is 0.519 bits per heavy atom. The smallest absolute Gasteiger partial charge is 0.143 e. The molecule has 1 heterocycles. The number of benzene rings is 8. The standard InChI is InChI=1S/C52H35NO/c1-32(30-33(2)51(53-34(3)35-14-5-4-6-15-35)38-27-26-36-16-7-8-17-37(36)31-38)39-20-13-25-48-50(39)47-24-12-23-46(52(47)54-48)42-28-29-45-41-19-10-9-18-40(41)43-21-11-22-44(42)49(43)45/h4-29,31H,3H2,1-2H3. The maximum Gasteiger partial charge on any atom is 0.143 e. The van der Waals surface area contributed by atoms with Crippen molar-refractivity contribution in [3.05, 3.63) is 198 Å². The van der Waals surface area contributed by atoms with Gasteiger partial charge in [-0.1, -0.05) is 158 Å². The Bertz CT molecular complexity index is 3080. The zero-order valence-corrected chi connectivity index (χ0v) is 30.2. The SMILES string of the molecule is C=C(N=C(C(C)=C=C(C)c1cccc2oc3c(-c4ccc5c6c(cccc46)-c4ccccc4-5)cccc3c12)c1ccc2ccccc2c1)c1ccccc1. The van der Waals surface area contributed by atoms with E-state index in [-0.39, 0.29) is 0 Å². The second-order valence-electron chi connectivity index (χ2n) is 14.1. The summed E-state index contributed by atoms with van der Waals surface area (Å²) in [5, 5.41) is 7.07. The van der Waals surface area contributed by atoms with Gasteiger partial charge in [-0.15, -0.1) is 5.73 Å². The summed E-state index contributed by atoms with van der Waals surface area (Å²) in [5.74, 6) is 0. The van der Waals surface area contributed by atoms with Crippen LogP contribution in [0.3, 0.4) is 0 Å². The molecule has 0 saturated carbocycles. The van der Waals surface area contributed by atoms with Crippen molar-refractivity contribution in [3.8, 4) is 33.4 Å². The van der Waals surface area contributed by atoms with Crippen molar-refractivity contribution in [1.29, 1.82) is 0 Å². The van der Waals surface area contributed by atoms with Gasteiger partial charge in [0.2, 0.25) is 0 Å². The Morgan fingerprint density at radius 2 is 1.17 bits per heavy atom. The van der Waals surface area contributed by atoms with Crippen molar-refractivity contribution in [3.63, 3.8) is 0 Å². The van der Waals surface area contributed by atoms with Crippen LogP contribution in [0.5, 0.6) is 0 Å². The first-order valence-corrected chi connectivity index (χ1v) is 18.4. The van der Waals surface area contributed by atoms with Gasteiger partial charge in [0, 0.05) is 27.5 Å². The van der Waals surface area contributed by atoms with Gasteiger partial charge in [-0.25, -0.2) is 4.99 Å². The lowest BCUT2D eigenvalue weighted by Crippen LogP contribution is -2.03. The zero-order valence-electron chi connectivity index (χ0n) is 30.2. The van der Waals surface area contributed by atoms with E-state index in [1.807, 2.05) is 30.3 Å². The normalized spacial score (nSPS) is 12.0. The van der Waals surface area contributed by atoms with Gasteiger partial charge in [0.25, 0.3) is 0 Å².